The summed E-state index contributed by atoms with van der Waals surface area (Å²) in [6.07, 6.45) is 0. The average Bonchev–Trinajstić information content (AvgIpc) is 2.21. The lowest BCUT2D eigenvalue weighted by Crippen LogP contribution is -1.94. The van der Waals surface area contributed by atoms with Crippen LogP contribution in [0.1, 0.15) is 5.56 Å². The van der Waals surface area contributed by atoms with E-state index in [0.717, 1.165) is 0 Å². The lowest BCUT2D eigenvalue weighted by atomic mass is 10.2. The molecule has 80 valence electrons. The molecule has 0 aliphatic rings. The summed E-state index contributed by atoms with van der Waals surface area (Å²) in [5.41, 5.74) is 6.54. The second kappa shape index (κ2) is 12.2. The zero-order chi connectivity index (χ0) is 11.4. The van der Waals surface area contributed by atoms with Crippen LogP contribution in [0.3, 0.4) is 0 Å². The molecule has 0 radical (unpaired) electrons. The number of nitrogens with two attached hydrogens (primary N) is 1. The van der Waals surface area contributed by atoms with Crippen LogP contribution in [0.5, 0.6) is 0 Å². The Morgan fingerprint density at radius 2 is 1.50 bits per heavy atom. The van der Waals surface area contributed by atoms with E-state index in [1.165, 1.54) is 5.56 Å². The molecule has 0 fully saturated rings. The van der Waals surface area contributed by atoms with E-state index < -0.39 is 8.60 Å². The largest absolute Gasteiger partial charge is 0.328 e. The predicted octanol–water partition coefficient (Wildman–Crippen LogP) is 0.151. The Kier molecular flexibility index (Phi) is 13.6. The topological polar surface area (TPSA) is 104 Å². The molecule has 0 aliphatic carbocycles. The van der Waals surface area contributed by atoms with Gasteiger partial charge in [-0.05, 0) is 5.56 Å². The molecule has 0 bridgehead atoms. The molecule has 0 saturated heterocycles. The fourth-order valence-electron chi connectivity index (χ4n) is 0.614. The fraction of sp³-hybridized carbons (Fsp3) is 0.125. The zero-order valence-corrected chi connectivity index (χ0v) is 8.47. The Hall–Kier alpha value is -0.840. The Morgan fingerprint density at radius 1 is 1.14 bits per heavy atom. The van der Waals surface area contributed by atoms with E-state index in [9.17, 15) is 0 Å². The maximum absolute atomic E-state index is 8.00. The molecule has 5 N–H and O–H groups in total. The monoisotopic (exact) mass is 219 g/mol. The third kappa shape index (κ3) is 13.7. The molecule has 5 nitrogen and oxygen atoms in total. The first-order chi connectivity index (χ1) is 6.66. The third-order valence-corrected chi connectivity index (χ3v) is 1.08. The highest BCUT2D eigenvalue weighted by Crippen LogP contribution is 2.11. The van der Waals surface area contributed by atoms with Gasteiger partial charge in [0.25, 0.3) is 0 Å². The van der Waals surface area contributed by atoms with Crippen molar-refractivity contribution in [1.82, 2.24) is 0 Å². The van der Waals surface area contributed by atoms with Crippen molar-refractivity contribution >= 4 is 15.4 Å². The van der Waals surface area contributed by atoms with E-state index in [4.69, 9.17) is 25.2 Å². The number of carbonyl (C=O) groups is 1. The molecule has 0 unspecified atom stereocenters. The van der Waals surface area contributed by atoms with Gasteiger partial charge in [0.2, 0.25) is 0 Å². The van der Waals surface area contributed by atoms with Crippen LogP contribution in [-0.2, 0) is 11.3 Å². The molecule has 1 aromatic carbocycles. The van der Waals surface area contributed by atoms with Gasteiger partial charge < -0.3 is 25.2 Å². The van der Waals surface area contributed by atoms with Gasteiger partial charge in [-0.25, -0.2) is 0 Å². The molecule has 0 aliphatic heterocycles. The third-order valence-electron chi connectivity index (χ3n) is 1.08. The highest BCUT2D eigenvalue weighted by atomic mass is 31.2. The molecular weight excluding hydrogens is 205 g/mol. The fourth-order valence-corrected chi connectivity index (χ4v) is 0.614. The summed E-state index contributed by atoms with van der Waals surface area (Å²) in [6, 6.07) is 9.99. The molecule has 14 heavy (non-hydrogen) atoms. The van der Waals surface area contributed by atoms with Crippen molar-refractivity contribution < 1.29 is 19.5 Å². The Bertz CT molecular complexity index is 205. The molecule has 6 heteroatoms. The van der Waals surface area contributed by atoms with Crippen LogP contribution in [0.4, 0.5) is 0 Å². The van der Waals surface area contributed by atoms with Crippen LogP contribution >= 0.6 is 8.60 Å². The Labute approximate surface area is 83.8 Å². The second-order valence-electron chi connectivity index (χ2n) is 1.96. The average molecular weight is 219 g/mol. The first-order valence-corrected chi connectivity index (χ1v) is 4.76. The molecule has 0 aromatic heterocycles. The van der Waals surface area contributed by atoms with Gasteiger partial charge in [-0.2, -0.15) is 0 Å². The maximum Gasteiger partial charge on any atom is 0.324 e. The van der Waals surface area contributed by atoms with E-state index in [2.05, 4.69) is 0 Å². The van der Waals surface area contributed by atoms with Crippen molar-refractivity contribution in [1.29, 1.82) is 0 Å². The van der Waals surface area contributed by atoms with Gasteiger partial charge in [-0.15, -0.1) is 0 Å². The standard InChI is InChI=1S/C7H9N.CH2O.H3O3P/c8-6-7-4-2-1-3-5-7;1-2;1-4(2)3/h1-5H,6,8H2;1H2;1-3H. The van der Waals surface area contributed by atoms with Gasteiger partial charge in [0.05, 0.1) is 0 Å². The van der Waals surface area contributed by atoms with Crippen molar-refractivity contribution in [3.05, 3.63) is 35.9 Å². The minimum atomic E-state index is -2.62. The number of hydrogen-bond donors (Lipinski definition) is 4. The highest BCUT2D eigenvalue weighted by molar-refractivity contribution is 7.38. The summed E-state index contributed by atoms with van der Waals surface area (Å²) >= 11 is 0. The number of hydrogen-bond acceptors (Lipinski definition) is 5. The maximum atomic E-state index is 8.00. The second-order valence-corrected chi connectivity index (χ2v) is 2.49. The van der Waals surface area contributed by atoms with Gasteiger partial charge in [0.1, 0.15) is 6.79 Å². The van der Waals surface area contributed by atoms with Crippen LogP contribution in [0.15, 0.2) is 30.3 Å². The quantitative estimate of drug-likeness (QED) is 0.503. The number of benzene rings is 1. The summed E-state index contributed by atoms with van der Waals surface area (Å²) in [6.45, 7) is 2.64. The summed E-state index contributed by atoms with van der Waals surface area (Å²) in [5, 5.41) is 0. The number of carbonyl (C=O) groups excluding carboxylic acids is 1. The van der Waals surface area contributed by atoms with E-state index in [0.29, 0.717) is 6.54 Å². The molecule has 0 amide bonds. The normalized spacial score (nSPS) is 8.07. The van der Waals surface area contributed by atoms with E-state index in [1.54, 1.807) is 0 Å². The van der Waals surface area contributed by atoms with E-state index in [-0.39, 0.29) is 0 Å². The summed E-state index contributed by atoms with van der Waals surface area (Å²) < 4.78 is 0. The van der Waals surface area contributed by atoms with Gasteiger partial charge in [-0.1, -0.05) is 30.3 Å². The van der Waals surface area contributed by atoms with Crippen LogP contribution in [0, 0.1) is 0 Å². The van der Waals surface area contributed by atoms with Crippen molar-refractivity contribution in [2.75, 3.05) is 0 Å². The molecule has 0 saturated carbocycles. The minimum Gasteiger partial charge on any atom is -0.328 e. The molecule has 0 atom stereocenters. The van der Waals surface area contributed by atoms with Gasteiger partial charge >= 0.3 is 8.60 Å². The lowest BCUT2D eigenvalue weighted by Gasteiger charge is -1.90. The van der Waals surface area contributed by atoms with E-state index in [1.807, 2.05) is 37.1 Å². The van der Waals surface area contributed by atoms with Crippen LogP contribution in [0.2, 0.25) is 0 Å². The zero-order valence-electron chi connectivity index (χ0n) is 7.58. The lowest BCUT2D eigenvalue weighted by molar-refractivity contribution is -0.0979. The van der Waals surface area contributed by atoms with Crippen LogP contribution < -0.4 is 5.73 Å². The van der Waals surface area contributed by atoms with Crippen LogP contribution in [-0.4, -0.2) is 21.5 Å². The molecule has 0 spiro atoms. The predicted molar refractivity (Wildman–Crippen MR) is 55.0 cm³/mol. The van der Waals surface area contributed by atoms with Crippen molar-refractivity contribution in [3.63, 3.8) is 0 Å². The molecule has 1 rings (SSSR count). The Balaban J connectivity index is 0. The minimum absolute atomic E-state index is 0.640. The van der Waals surface area contributed by atoms with Crippen LogP contribution in [0.25, 0.3) is 0 Å². The smallest absolute Gasteiger partial charge is 0.324 e. The Morgan fingerprint density at radius 3 is 1.71 bits per heavy atom. The van der Waals surface area contributed by atoms with Crippen molar-refractivity contribution in [2.24, 2.45) is 5.73 Å². The first-order valence-electron chi connectivity index (χ1n) is 3.56. The summed E-state index contributed by atoms with van der Waals surface area (Å²) in [5.74, 6) is 0. The molecule has 0 heterocycles. The SMILES string of the molecule is C=O.NCc1ccccc1.OP(O)O. The summed E-state index contributed by atoms with van der Waals surface area (Å²) in [4.78, 5) is 29.7. The van der Waals surface area contributed by atoms with Gasteiger partial charge in [0.15, 0.2) is 0 Å². The van der Waals surface area contributed by atoms with E-state index >= 15 is 0 Å². The number of rotatable bonds is 1. The first kappa shape index (κ1) is 15.6. The summed E-state index contributed by atoms with van der Waals surface area (Å²) in [7, 11) is -2.62. The molecular formula is C8H14NO4P. The molecule has 1 aromatic rings. The van der Waals surface area contributed by atoms with Crippen molar-refractivity contribution in [3.8, 4) is 0 Å². The highest BCUT2D eigenvalue weighted by Gasteiger charge is 1.80. The van der Waals surface area contributed by atoms with Gasteiger partial charge in [-0.3, -0.25) is 0 Å². The van der Waals surface area contributed by atoms with Gasteiger partial charge in [0, 0.05) is 6.54 Å². The van der Waals surface area contributed by atoms with Crippen molar-refractivity contribution in [2.45, 2.75) is 6.54 Å².